The fourth-order valence-electron chi connectivity index (χ4n) is 7.60. The minimum Gasteiger partial charge on any atom is -0.481 e. The maximum absolute atomic E-state index is 14.5. The Morgan fingerprint density at radius 1 is 0.768 bits per heavy atom. The minimum atomic E-state index is -1.45. The van der Waals surface area contributed by atoms with Gasteiger partial charge in [0.1, 0.15) is 6.04 Å². The molecule has 0 saturated carbocycles. The maximum Gasteiger partial charge on any atom is 0.304 e. The standard InChI is InChI=1S/C46H69N9O11S3/c1-4-49-15-9-8-14-33-45(66)54-35-25-69-68-24-34(53-44(65)31(21-40(60)61)18-32(56)22-51-42(63)29(19-37(35)57)13-10-16-50-46(47)48)38(58)20-30(17-28-11-6-5-7-12-28)43(64)55-36(41(62)27(2)3)23-67-26-39(59)52-33/h5-7,11-12,27,29-31,33-36,49H,4,8-10,13-26H2,1-3H3,(H,51,63)(H,52,59)(H,53,65)(H,54,66)(H,55,64)(H,60,61)(H4,47,48,50)/t29-,30-,31+,33+,34+,35+,36+/m1/s1. The summed E-state index contributed by atoms with van der Waals surface area (Å²) in [7, 11) is 2.15. The van der Waals surface area contributed by atoms with Crippen molar-refractivity contribution in [2.24, 2.45) is 40.1 Å². The van der Waals surface area contributed by atoms with Gasteiger partial charge in [0.25, 0.3) is 0 Å². The molecule has 7 atom stereocenters. The van der Waals surface area contributed by atoms with E-state index in [9.17, 15) is 53.1 Å². The molecular weight excluding hydrogens is 951 g/mol. The third kappa shape index (κ3) is 22.1. The van der Waals surface area contributed by atoms with Crippen molar-refractivity contribution in [2.45, 2.75) is 109 Å². The first-order valence-corrected chi connectivity index (χ1v) is 27.0. The molecule has 20 nitrogen and oxygen atoms in total. The molecule has 11 N–H and O–H groups in total. The number of nitrogens with one attached hydrogen (secondary N) is 6. The number of carbonyl (C=O) groups is 10. The number of thioether (sulfide) groups is 1. The van der Waals surface area contributed by atoms with Gasteiger partial charge in [0.2, 0.25) is 29.5 Å². The van der Waals surface area contributed by atoms with E-state index in [1.165, 1.54) is 0 Å². The quantitative estimate of drug-likeness (QED) is 0.0476. The molecule has 69 heavy (non-hydrogen) atoms. The number of hydrogen-bond acceptors (Lipinski definition) is 15. The second kappa shape index (κ2) is 31.3. The largest absolute Gasteiger partial charge is 0.481 e. The Labute approximate surface area is 415 Å². The van der Waals surface area contributed by atoms with E-state index in [1.54, 1.807) is 44.2 Å². The molecule has 1 aromatic rings. The van der Waals surface area contributed by atoms with Crippen LogP contribution in [0.5, 0.6) is 0 Å². The average Bonchev–Trinajstić information content (AvgIpc) is 3.29. The van der Waals surface area contributed by atoms with Gasteiger partial charge in [-0.25, -0.2) is 0 Å². The minimum absolute atomic E-state index is 0.0186. The molecule has 3 rings (SSSR count). The molecule has 2 heterocycles. The van der Waals surface area contributed by atoms with E-state index in [-0.39, 0.29) is 67.0 Å². The second-order valence-corrected chi connectivity index (χ2v) is 21.0. The highest BCUT2D eigenvalue weighted by molar-refractivity contribution is 8.76. The Balaban J connectivity index is 2.16. The molecule has 2 bridgehead atoms. The number of Topliss-reactive ketones (excluding diaryl/α,β-unsaturated/α-hetero) is 4. The average molecular weight is 1020 g/mol. The van der Waals surface area contributed by atoms with Crippen molar-refractivity contribution in [3.8, 4) is 0 Å². The van der Waals surface area contributed by atoms with E-state index >= 15 is 0 Å². The van der Waals surface area contributed by atoms with Crippen molar-refractivity contribution in [1.82, 2.24) is 31.9 Å². The lowest BCUT2D eigenvalue weighted by Crippen LogP contribution is -2.53. The number of ketones is 4. The third-order valence-corrected chi connectivity index (χ3v) is 14.9. The van der Waals surface area contributed by atoms with Crippen molar-refractivity contribution in [1.29, 1.82) is 0 Å². The molecule has 23 heteroatoms. The number of carboxylic acids is 1. The SMILES string of the molecule is CCNCCCC[C@@H]1NC(=O)CSC[C@@H](C(=O)C(C)C)NC(=O)[C@H](Cc2ccccc2)CC(=O)[C@@H]2CSSC[C@H](NC1=O)C(=O)C[C@@H](CCCN=C(N)N)C(=O)NCC(=O)C[C@@H](CC(=O)O)C(=O)N2. The van der Waals surface area contributed by atoms with E-state index in [0.29, 0.717) is 24.9 Å². The zero-order valence-electron chi connectivity index (χ0n) is 39.6. The first-order valence-electron chi connectivity index (χ1n) is 23.3. The molecule has 2 aliphatic rings. The Morgan fingerprint density at radius 2 is 1.41 bits per heavy atom. The van der Waals surface area contributed by atoms with Gasteiger partial charge in [-0.3, -0.25) is 52.9 Å². The first-order chi connectivity index (χ1) is 32.9. The Morgan fingerprint density at radius 3 is 2.03 bits per heavy atom. The topological polar surface area (TPSA) is 328 Å². The summed E-state index contributed by atoms with van der Waals surface area (Å²) in [5.74, 6) is -11.6. The zero-order chi connectivity index (χ0) is 50.9. The monoisotopic (exact) mass is 1020 g/mol. The van der Waals surface area contributed by atoms with Crippen LogP contribution in [0.4, 0.5) is 0 Å². The maximum atomic E-state index is 14.5. The number of rotatable bonds is 16. The molecule has 1 aromatic carbocycles. The van der Waals surface area contributed by atoms with Gasteiger partial charge in [-0.15, -0.1) is 11.8 Å². The number of benzene rings is 1. The number of aliphatic imine (C=N–C) groups is 1. The van der Waals surface area contributed by atoms with Crippen LogP contribution >= 0.6 is 33.3 Å². The van der Waals surface area contributed by atoms with Gasteiger partial charge in [0, 0.05) is 60.8 Å². The molecule has 2 aliphatic heterocycles. The van der Waals surface area contributed by atoms with Gasteiger partial charge in [-0.05, 0) is 57.2 Å². The summed E-state index contributed by atoms with van der Waals surface area (Å²) in [4.78, 5) is 141. The number of nitrogens with two attached hydrogens (primary N) is 2. The molecule has 0 spiro atoms. The molecule has 2 saturated heterocycles. The Kier molecular flexibility index (Phi) is 26.4. The van der Waals surface area contributed by atoms with E-state index < -0.39 is 133 Å². The summed E-state index contributed by atoms with van der Waals surface area (Å²) in [6.45, 7) is 6.22. The fourth-order valence-corrected chi connectivity index (χ4v) is 10.9. The summed E-state index contributed by atoms with van der Waals surface area (Å²) in [6.07, 6.45) is -0.394. The number of fused-ring (bicyclic) bond motifs is 5. The smallest absolute Gasteiger partial charge is 0.304 e. The van der Waals surface area contributed by atoms with Crippen molar-refractivity contribution in [3.05, 3.63) is 35.9 Å². The summed E-state index contributed by atoms with van der Waals surface area (Å²) >= 11 is 1.07. The molecule has 5 amide bonds. The lowest BCUT2D eigenvalue weighted by Gasteiger charge is -2.26. The molecule has 382 valence electrons. The molecule has 0 unspecified atom stereocenters. The van der Waals surface area contributed by atoms with Gasteiger partial charge < -0.3 is 48.5 Å². The predicted molar refractivity (Wildman–Crippen MR) is 267 cm³/mol. The van der Waals surface area contributed by atoms with Gasteiger partial charge in [-0.1, -0.05) is 72.7 Å². The third-order valence-electron chi connectivity index (χ3n) is 11.4. The lowest BCUT2D eigenvalue weighted by molar-refractivity contribution is -0.142. The highest BCUT2D eigenvalue weighted by Crippen LogP contribution is 2.27. The predicted octanol–water partition coefficient (Wildman–Crippen LogP) is 0.686. The van der Waals surface area contributed by atoms with Crippen LogP contribution in [0, 0.1) is 23.7 Å². The number of aliphatic carboxylic acids is 1. The molecule has 2 fully saturated rings. The Hall–Kier alpha value is -5.00. The van der Waals surface area contributed by atoms with Gasteiger partial charge >= 0.3 is 5.97 Å². The van der Waals surface area contributed by atoms with E-state index in [4.69, 9.17) is 11.5 Å². The highest BCUT2D eigenvalue weighted by atomic mass is 33.1. The van der Waals surface area contributed by atoms with E-state index in [2.05, 4.69) is 36.9 Å². The molecular formula is C46H69N9O11S3. The van der Waals surface area contributed by atoms with Gasteiger partial charge in [-0.2, -0.15) is 0 Å². The summed E-state index contributed by atoms with van der Waals surface area (Å²) < 4.78 is 0. The number of amides is 5. The van der Waals surface area contributed by atoms with Crippen LogP contribution in [0.2, 0.25) is 0 Å². The summed E-state index contributed by atoms with van der Waals surface area (Å²) in [5.41, 5.74) is 11.7. The second-order valence-electron chi connectivity index (χ2n) is 17.4. The van der Waals surface area contributed by atoms with Crippen molar-refractivity contribution >= 4 is 97.9 Å². The first kappa shape index (κ1) is 58.3. The zero-order valence-corrected chi connectivity index (χ0v) is 42.0. The summed E-state index contributed by atoms with van der Waals surface area (Å²) in [5, 5.41) is 26.6. The van der Waals surface area contributed by atoms with Crippen LogP contribution in [0.25, 0.3) is 0 Å². The van der Waals surface area contributed by atoms with Crippen molar-refractivity contribution < 1.29 is 53.1 Å². The number of carboxylic acid groups (broad SMARTS) is 1. The van der Waals surface area contributed by atoms with Gasteiger partial charge in [0.05, 0.1) is 42.8 Å². The van der Waals surface area contributed by atoms with Crippen molar-refractivity contribution in [3.63, 3.8) is 0 Å². The molecule has 0 aromatic heterocycles. The van der Waals surface area contributed by atoms with E-state index in [0.717, 1.165) is 39.9 Å². The number of unbranched alkanes of at least 4 members (excludes halogenated alkanes) is 1. The molecule has 0 radical (unpaired) electrons. The van der Waals surface area contributed by atoms with Crippen LogP contribution in [-0.2, 0) is 54.4 Å². The van der Waals surface area contributed by atoms with Crippen LogP contribution in [0.3, 0.4) is 0 Å². The fraction of sp³-hybridized carbons (Fsp3) is 0.630. The normalized spacial score (nSPS) is 24.7. The van der Waals surface area contributed by atoms with E-state index in [1.807, 2.05) is 6.92 Å². The van der Waals surface area contributed by atoms with Crippen molar-refractivity contribution in [2.75, 3.05) is 49.2 Å². The highest BCUT2D eigenvalue weighted by Gasteiger charge is 2.35. The van der Waals surface area contributed by atoms with Crippen LogP contribution in [-0.4, -0.2) is 143 Å². The number of carbonyl (C=O) groups excluding carboxylic acids is 9. The summed E-state index contributed by atoms with van der Waals surface area (Å²) in [6, 6.07) is 4.16. The number of nitrogens with zero attached hydrogens (tertiary/aromatic N) is 1. The van der Waals surface area contributed by atoms with Crippen LogP contribution < -0.4 is 43.4 Å². The lowest BCUT2D eigenvalue weighted by atomic mass is 9.90. The van der Waals surface area contributed by atoms with Gasteiger partial charge in [0.15, 0.2) is 29.1 Å². The van der Waals surface area contributed by atoms with Crippen LogP contribution in [0.15, 0.2) is 35.3 Å². The Bertz CT molecular complexity index is 1970. The number of guanidine groups is 1. The molecule has 0 aliphatic carbocycles. The number of hydrogen-bond donors (Lipinski definition) is 9. The van der Waals surface area contributed by atoms with Crippen LogP contribution in [0.1, 0.15) is 84.1 Å².